The highest BCUT2D eigenvalue weighted by atomic mass is 35.5. The number of imidazole rings is 1. The summed E-state index contributed by atoms with van der Waals surface area (Å²) in [5.74, 6) is 0.0875. The van der Waals surface area contributed by atoms with Crippen molar-refractivity contribution in [2.24, 2.45) is 0 Å². The molecule has 2 aromatic rings. The Balaban J connectivity index is 2.06. The molecule has 160 valence electrons. The maximum absolute atomic E-state index is 12.7. The zero-order valence-corrected chi connectivity index (χ0v) is 18.4. The van der Waals surface area contributed by atoms with Gasteiger partial charge in [0, 0.05) is 26.1 Å². The molecule has 2 rings (SSSR count). The average molecular weight is 444 g/mol. The number of unbranched alkanes of at least 4 members (excludes halogenated alkanes) is 1. The van der Waals surface area contributed by atoms with Crippen molar-refractivity contribution in [1.29, 1.82) is 5.26 Å². The number of nitrogens with two attached hydrogens (primary N) is 1. The largest absolute Gasteiger partial charge is 0.368 e. The van der Waals surface area contributed by atoms with Crippen molar-refractivity contribution in [3.8, 4) is 6.07 Å². The zero-order valence-electron chi connectivity index (χ0n) is 16.8. The summed E-state index contributed by atoms with van der Waals surface area (Å²) >= 11 is 6.08. The van der Waals surface area contributed by atoms with Crippen LogP contribution in [0, 0.1) is 11.3 Å². The molecular weight excluding hydrogens is 417 g/mol. The molecule has 0 fully saturated rings. The van der Waals surface area contributed by atoms with Gasteiger partial charge < -0.3 is 24.2 Å². The molecule has 12 heteroatoms. The van der Waals surface area contributed by atoms with E-state index >= 15 is 0 Å². The van der Waals surface area contributed by atoms with Crippen molar-refractivity contribution in [2.45, 2.75) is 33.2 Å². The second kappa shape index (κ2) is 11.4. The number of aromatic nitrogens is 4. The SMILES string of the molecule is CCOP(=O)(CCN(CCCC#N)CCn1cnc2c(Cl)nc(N)nc21)OCC. The summed E-state index contributed by atoms with van der Waals surface area (Å²) in [7, 11) is -3.13. The zero-order chi connectivity index (χ0) is 21.3. The fraction of sp³-hybridized carbons (Fsp3) is 0.647. The van der Waals surface area contributed by atoms with Gasteiger partial charge in [-0.3, -0.25) is 4.57 Å². The first-order valence-corrected chi connectivity index (χ1v) is 11.6. The third kappa shape index (κ3) is 6.91. The van der Waals surface area contributed by atoms with E-state index < -0.39 is 7.60 Å². The lowest BCUT2D eigenvalue weighted by molar-refractivity contribution is 0.210. The summed E-state index contributed by atoms with van der Waals surface area (Å²) in [5, 5.41) is 9.04. The van der Waals surface area contributed by atoms with Crippen molar-refractivity contribution in [1.82, 2.24) is 24.4 Å². The van der Waals surface area contributed by atoms with E-state index in [9.17, 15) is 4.57 Å². The molecule has 0 aromatic carbocycles. The fourth-order valence-corrected chi connectivity index (χ4v) is 4.75. The molecule has 29 heavy (non-hydrogen) atoms. The molecule has 0 radical (unpaired) electrons. The minimum Gasteiger partial charge on any atom is -0.368 e. The first kappa shape index (κ1) is 23.5. The van der Waals surface area contributed by atoms with Crippen LogP contribution in [0.15, 0.2) is 6.33 Å². The molecule has 0 spiro atoms. The normalized spacial score (nSPS) is 12.0. The molecular formula is C17H27ClN7O3P. The van der Waals surface area contributed by atoms with E-state index in [0.717, 1.165) is 6.42 Å². The van der Waals surface area contributed by atoms with Gasteiger partial charge in [0.2, 0.25) is 5.95 Å². The van der Waals surface area contributed by atoms with Crippen LogP contribution in [0.3, 0.4) is 0 Å². The molecule has 2 aromatic heterocycles. The Hall–Kier alpha value is -1.76. The van der Waals surface area contributed by atoms with Gasteiger partial charge >= 0.3 is 7.60 Å². The van der Waals surface area contributed by atoms with Crippen molar-refractivity contribution in [3.05, 3.63) is 11.5 Å². The Bertz CT molecular complexity index is 876. The van der Waals surface area contributed by atoms with Gasteiger partial charge in [0.25, 0.3) is 0 Å². The summed E-state index contributed by atoms with van der Waals surface area (Å²) in [6.07, 6.45) is 3.10. The maximum Gasteiger partial charge on any atom is 0.331 e. The molecule has 0 amide bonds. The van der Waals surface area contributed by atoms with Crippen LogP contribution in [0.2, 0.25) is 5.15 Å². The summed E-state index contributed by atoms with van der Waals surface area (Å²) in [5.41, 5.74) is 6.75. The van der Waals surface area contributed by atoms with Crippen LogP contribution in [-0.4, -0.2) is 63.4 Å². The Morgan fingerprint density at radius 2 is 2.00 bits per heavy atom. The van der Waals surface area contributed by atoms with E-state index in [1.807, 2.05) is 4.57 Å². The van der Waals surface area contributed by atoms with E-state index in [0.29, 0.717) is 57.0 Å². The van der Waals surface area contributed by atoms with Gasteiger partial charge in [-0.1, -0.05) is 11.6 Å². The van der Waals surface area contributed by atoms with Crippen LogP contribution < -0.4 is 5.73 Å². The Morgan fingerprint density at radius 1 is 1.28 bits per heavy atom. The minimum atomic E-state index is -3.13. The molecule has 0 aliphatic heterocycles. The molecule has 0 saturated heterocycles. The van der Waals surface area contributed by atoms with Gasteiger partial charge in [-0.2, -0.15) is 15.2 Å². The number of halogens is 1. The smallest absolute Gasteiger partial charge is 0.331 e. The minimum absolute atomic E-state index is 0.0875. The second-order valence-corrected chi connectivity index (χ2v) is 8.80. The lowest BCUT2D eigenvalue weighted by Crippen LogP contribution is -2.31. The van der Waals surface area contributed by atoms with Gasteiger partial charge in [0.05, 0.1) is 31.8 Å². The van der Waals surface area contributed by atoms with Gasteiger partial charge in [0.1, 0.15) is 5.52 Å². The van der Waals surface area contributed by atoms with E-state index in [1.165, 1.54) is 0 Å². The molecule has 10 nitrogen and oxygen atoms in total. The van der Waals surface area contributed by atoms with Crippen LogP contribution in [-0.2, 0) is 20.2 Å². The van der Waals surface area contributed by atoms with Crippen molar-refractivity contribution in [2.75, 3.05) is 44.7 Å². The van der Waals surface area contributed by atoms with Crippen LogP contribution in [0.1, 0.15) is 26.7 Å². The van der Waals surface area contributed by atoms with E-state index in [1.54, 1.807) is 20.2 Å². The quantitative estimate of drug-likeness (QED) is 0.282. The molecule has 0 atom stereocenters. The third-order valence-corrected chi connectivity index (χ3v) is 6.51. The summed E-state index contributed by atoms with van der Waals surface area (Å²) in [4.78, 5) is 14.5. The highest BCUT2D eigenvalue weighted by molar-refractivity contribution is 7.53. The highest BCUT2D eigenvalue weighted by Crippen LogP contribution is 2.47. The molecule has 2 N–H and O–H groups in total. The monoisotopic (exact) mass is 443 g/mol. The Kier molecular flexibility index (Phi) is 9.27. The summed E-state index contributed by atoms with van der Waals surface area (Å²) < 4.78 is 25.3. The topological polar surface area (TPSA) is 132 Å². The van der Waals surface area contributed by atoms with E-state index in [4.69, 9.17) is 31.6 Å². The van der Waals surface area contributed by atoms with Gasteiger partial charge in [-0.15, -0.1) is 0 Å². The molecule has 2 heterocycles. The molecule has 0 unspecified atom stereocenters. The molecule has 0 bridgehead atoms. The number of nitrogens with zero attached hydrogens (tertiary/aromatic N) is 6. The fourth-order valence-electron chi connectivity index (χ4n) is 2.88. The standard InChI is InChI=1S/C17H27ClN7O3P/c1-3-27-29(26,28-4-2)12-11-24(8-6-5-7-19)9-10-25-13-21-14-15(18)22-17(20)23-16(14)25/h13H,3-6,8-12H2,1-2H3,(H2,20,22,23). The summed E-state index contributed by atoms with van der Waals surface area (Å²) in [6.45, 7) is 6.66. The number of nitriles is 1. The number of rotatable bonds is 13. The first-order valence-electron chi connectivity index (χ1n) is 9.53. The second-order valence-electron chi connectivity index (χ2n) is 6.26. The maximum atomic E-state index is 12.7. The Labute approximate surface area is 175 Å². The number of hydrogen-bond donors (Lipinski definition) is 1. The lowest BCUT2D eigenvalue weighted by atomic mass is 10.3. The number of fused-ring (bicyclic) bond motifs is 1. The molecule has 0 aliphatic rings. The molecule has 0 aliphatic carbocycles. The predicted octanol–water partition coefficient (Wildman–Crippen LogP) is 2.93. The number of nitrogen functional groups attached to an aromatic ring is 1. The first-order chi connectivity index (χ1) is 13.9. The third-order valence-electron chi connectivity index (χ3n) is 4.20. The van der Waals surface area contributed by atoms with Crippen LogP contribution in [0.4, 0.5) is 5.95 Å². The van der Waals surface area contributed by atoms with Crippen LogP contribution in [0.5, 0.6) is 0 Å². The van der Waals surface area contributed by atoms with Gasteiger partial charge in [0.15, 0.2) is 10.8 Å². The lowest BCUT2D eigenvalue weighted by Gasteiger charge is -2.25. The van der Waals surface area contributed by atoms with E-state index in [-0.39, 0.29) is 17.3 Å². The highest BCUT2D eigenvalue weighted by Gasteiger charge is 2.24. The number of anilines is 1. The average Bonchev–Trinajstić information content (AvgIpc) is 3.07. The van der Waals surface area contributed by atoms with Crippen molar-refractivity contribution < 1.29 is 13.6 Å². The molecule has 0 saturated carbocycles. The van der Waals surface area contributed by atoms with Crippen molar-refractivity contribution >= 4 is 36.3 Å². The predicted molar refractivity (Wildman–Crippen MR) is 112 cm³/mol. The Morgan fingerprint density at radius 3 is 2.66 bits per heavy atom. The van der Waals surface area contributed by atoms with Gasteiger partial charge in [-0.25, -0.2) is 4.98 Å². The van der Waals surface area contributed by atoms with Crippen LogP contribution in [0.25, 0.3) is 11.2 Å². The van der Waals surface area contributed by atoms with Crippen LogP contribution >= 0.6 is 19.2 Å². The van der Waals surface area contributed by atoms with E-state index in [2.05, 4.69) is 25.9 Å². The van der Waals surface area contributed by atoms with Crippen molar-refractivity contribution in [3.63, 3.8) is 0 Å². The summed E-state index contributed by atoms with van der Waals surface area (Å²) in [6, 6.07) is 2.15. The van der Waals surface area contributed by atoms with Gasteiger partial charge in [-0.05, 0) is 26.8 Å². The number of hydrogen-bond acceptors (Lipinski definition) is 9.